The fourth-order valence-electron chi connectivity index (χ4n) is 3.51. The van der Waals surface area contributed by atoms with E-state index in [1.54, 1.807) is 35.6 Å². The third-order valence-electron chi connectivity index (χ3n) is 4.92. The molecule has 0 saturated carbocycles. The molecule has 1 aliphatic carbocycles. The van der Waals surface area contributed by atoms with Gasteiger partial charge in [-0.2, -0.15) is 5.26 Å². The van der Waals surface area contributed by atoms with Gasteiger partial charge >= 0.3 is 0 Å². The SMILES string of the molecule is C[C@H]1CCc2c(sc3ncn(CC(=O)Nc4ccccc4C#N)c(=O)c23)C1. The summed E-state index contributed by atoms with van der Waals surface area (Å²) in [7, 11) is 0. The van der Waals surface area contributed by atoms with Crippen molar-refractivity contribution in [2.75, 3.05) is 5.32 Å². The first-order valence-corrected chi connectivity index (χ1v) is 9.67. The van der Waals surface area contributed by atoms with Crippen molar-refractivity contribution in [1.29, 1.82) is 5.26 Å². The number of nitrogens with zero attached hydrogens (tertiary/aromatic N) is 3. The van der Waals surface area contributed by atoms with Gasteiger partial charge in [-0.25, -0.2) is 4.98 Å². The molecule has 0 fully saturated rings. The highest BCUT2D eigenvalue weighted by Gasteiger charge is 2.23. The smallest absolute Gasteiger partial charge is 0.262 e. The molecule has 1 atom stereocenters. The summed E-state index contributed by atoms with van der Waals surface area (Å²) in [5.41, 5.74) is 1.76. The van der Waals surface area contributed by atoms with Crippen molar-refractivity contribution in [3.05, 3.63) is 57.0 Å². The molecule has 136 valence electrons. The molecule has 4 rings (SSSR count). The molecule has 2 aromatic heterocycles. The highest BCUT2D eigenvalue weighted by Crippen LogP contribution is 2.35. The normalized spacial score (nSPS) is 15.9. The molecular formula is C20H18N4O2S. The Bertz CT molecular complexity index is 1140. The standard InChI is InChI=1S/C20H18N4O2S/c1-12-6-7-14-16(8-12)27-19-18(14)20(26)24(11-22-19)10-17(25)23-15-5-3-2-4-13(15)9-21/h2-5,11-12H,6-8,10H2,1H3,(H,23,25)/t12-/m0/s1. The number of hydrogen-bond acceptors (Lipinski definition) is 5. The number of rotatable bonds is 3. The van der Waals surface area contributed by atoms with E-state index < -0.39 is 0 Å². The Morgan fingerprint density at radius 1 is 1.44 bits per heavy atom. The van der Waals surface area contributed by atoms with Crippen LogP contribution in [0.3, 0.4) is 0 Å². The van der Waals surface area contributed by atoms with Crippen molar-refractivity contribution < 1.29 is 4.79 Å². The summed E-state index contributed by atoms with van der Waals surface area (Å²) in [5.74, 6) is 0.262. The van der Waals surface area contributed by atoms with E-state index in [0.29, 0.717) is 22.6 Å². The molecule has 1 aromatic carbocycles. The lowest BCUT2D eigenvalue weighted by Crippen LogP contribution is -2.28. The highest BCUT2D eigenvalue weighted by molar-refractivity contribution is 7.18. The zero-order valence-corrected chi connectivity index (χ0v) is 15.7. The van der Waals surface area contributed by atoms with Gasteiger partial charge in [0.1, 0.15) is 17.4 Å². The van der Waals surface area contributed by atoms with Gasteiger partial charge in [-0.1, -0.05) is 19.1 Å². The zero-order valence-electron chi connectivity index (χ0n) is 14.9. The van der Waals surface area contributed by atoms with Crippen LogP contribution in [0.5, 0.6) is 0 Å². The molecule has 3 aromatic rings. The molecule has 0 saturated heterocycles. The van der Waals surface area contributed by atoms with E-state index in [-0.39, 0.29) is 18.0 Å². The molecule has 0 unspecified atom stereocenters. The maximum Gasteiger partial charge on any atom is 0.262 e. The van der Waals surface area contributed by atoms with Gasteiger partial charge in [0.15, 0.2) is 0 Å². The average molecular weight is 378 g/mol. The minimum atomic E-state index is -0.362. The molecule has 6 nitrogen and oxygen atoms in total. The summed E-state index contributed by atoms with van der Waals surface area (Å²) in [6.07, 6.45) is 4.38. The van der Waals surface area contributed by atoms with E-state index in [1.807, 2.05) is 6.07 Å². The van der Waals surface area contributed by atoms with Crippen LogP contribution >= 0.6 is 11.3 Å². The number of anilines is 1. The molecule has 1 N–H and O–H groups in total. The van der Waals surface area contributed by atoms with Gasteiger partial charge in [0.05, 0.1) is 23.0 Å². The zero-order chi connectivity index (χ0) is 19.0. The maximum atomic E-state index is 13.0. The minimum Gasteiger partial charge on any atom is -0.323 e. The lowest BCUT2D eigenvalue weighted by molar-refractivity contribution is -0.116. The Morgan fingerprint density at radius 2 is 2.26 bits per heavy atom. The number of carbonyl (C=O) groups is 1. The second kappa shape index (κ2) is 6.97. The minimum absolute atomic E-state index is 0.136. The Balaban J connectivity index is 1.63. The summed E-state index contributed by atoms with van der Waals surface area (Å²) < 4.78 is 1.34. The number of nitriles is 1. The largest absolute Gasteiger partial charge is 0.323 e. The number of carbonyl (C=O) groups excluding carboxylic acids is 1. The van der Waals surface area contributed by atoms with Crippen molar-refractivity contribution in [3.63, 3.8) is 0 Å². The number of nitrogens with one attached hydrogen (secondary N) is 1. The molecule has 0 bridgehead atoms. The molecule has 0 aliphatic heterocycles. The van der Waals surface area contributed by atoms with Crippen LogP contribution in [0, 0.1) is 17.2 Å². The van der Waals surface area contributed by atoms with Gasteiger partial charge in [0, 0.05) is 4.88 Å². The van der Waals surface area contributed by atoms with Crippen molar-refractivity contribution in [2.45, 2.75) is 32.7 Å². The van der Waals surface area contributed by atoms with E-state index >= 15 is 0 Å². The summed E-state index contributed by atoms with van der Waals surface area (Å²) in [5, 5.41) is 12.5. The Hall–Kier alpha value is -2.98. The van der Waals surface area contributed by atoms with Crippen molar-refractivity contribution >= 4 is 33.1 Å². The molecular weight excluding hydrogens is 360 g/mol. The van der Waals surface area contributed by atoms with Crippen LogP contribution in [-0.4, -0.2) is 15.5 Å². The second-order valence-electron chi connectivity index (χ2n) is 6.92. The number of thiophene rings is 1. The maximum absolute atomic E-state index is 13.0. The first kappa shape index (κ1) is 17.4. The van der Waals surface area contributed by atoms with E-state index in [4.69, 9.17) is 5.26 Å². The number of hydrogen-bond donors (Lipinski definition) is 1. The number of fused-ring (bicyclic) bond motifs is 3. The first-order chi connectivity index (χ1) is 13.1. The Morgan fingerprint density at radius 3 is 3.07 bits per heavy atom. The van der Waals surface area contributed by atoms with Crippen molar-refractivity contribution in [2.24, 2.45) is 5.92 Å². The third kappa shape index (κ3) is 3.24. The van der Waals surface area contributed by atoms with E-state index in [1.165, 1.54) is 15.8 Å². The van der Waals surface area contributed by atoms with Crippen molar-refractivity contribution in [3.8, 4) is 6.07 Å². The molecule has 1 amide bonds. The lowest BCUT2D eigenvalue weighted by Gasteiger charge is -2.17. The quantitative estimate of drug-likeness (QED) is 0.759. The summed E-state index contributed by atoms with van der Waals surface area (Å²) >= 11 is 1.59. The highest BCUT2D eigenvalue weighted by atomic mass is 32.1. The van der Waals surface area contributed by atoms with Crippen LogP contribution in [0.4, 0.5) is 5.69 Å². The fourth-order valence-corrected chi connectivity index (χ4v) is 4.85. The molecule has 0 radical (unpaired) electrons. The van der Waals surface area contributed by atoms with Crippen LogP contribution in [0.15, 0.2) is 35.4 Å². The number of aryl methyl sites for hydroxylation is 1. The van der Waals surface area contributed by atoms with E-state index in [9.17, 15) is 9.59 Å². The molecule has 0 spiro atoms. The lowest BCUT2D eigenvalue weighted by atomic mass is 9.89. The number of aromatic nitrogens is 2. The first-order valence-electron chi connectivity index (χ1n) is 8.85. The van der Waals surface area contributed by atoms with Gasteiger partial charge < -0.3 is 5.32 Å². The number of amides is 1. The predicted molar refractivity (Wildman–Crippen MR) is 105 cm³/mol. The molecule has 7 heteroatoms. The van der Waals surface area contributed by atoms with E-state index in [0.717, 1.165) is 29.7 Å². The summed E-state index contributed by atoms with van der Waals surface area (Å²) in [6.45, 7) is 2.09. The van der Waals surface area contributed by atoms with Gasteiger partial charge in [-0.15, -0.1) is 11.3 Å². The monoisotopic (exact) mass is 378 g/mol. The summed E-state index contributed by atoms with van der Waals surface area (Å²) in [4.78, 5) is 31.8. The Kier molecular flexibility index (Phi) is 4.50. The predicted octanol–water partition coefficient (Wildman–Crippen LogP) is 3.09. The Labute approximate surface area is 160 Å². The van der Waals surface area contributed by atoms with Crippen LogP contribution < -0.4 is 10.9 Å². The average Bonchev–Trinajstić information content (AvgIpc) is 3.02. The molecule has 2 heterocycles. The van der Waals surface area contributed by atoms with Crippen LogP contribution in [0.25, 0.3) is 10.2 Å². The molecule has 27 heavy (non-hydrogen) atoms. The second-order valence-corrected chi connectivity index (χ2v) is 8.00. The topological polar surface area (TPSA) is 87.8 Å². The number of benzene rings is 1. The van der Waals surface area contributed by atoms with Gasteiger partial charge in [-0.05, 0) is 42.9 Å². The third-order valence-corrected chi connectivity index (χ3v) is 6.08. The number of para-hydroxylation sites is 1. The van der Waals surface area contributed by atoms with Crippen LogP contribution in [0.1, 0.15) is 29.3 Å². The fraction of sp³-hybridized carbons (Fsp3) is 0.300. The van der Waals surface area contributed by atoms with Gasteiger partial charge in [-0.3, -0.25) is 14.2 Å². The van der Waals surface area contributed by atoms with Crippen LogP contribution in [0.2, 0.25) is 0 Å². The van der Waals surface area contributed by atoms with Crippen molar-refractivity contribution in [1.82, 2.24) is 9.55 Å². The van der Waals surface area contributed by atoms with Gasteiger partial charge in [0.25, 0.3) is 5.56 Å². The molecule has 1 aliphatic rings. The van der Waals surface area contributed by atoms with E-state index in [2.05, 4.69) is 17.2 Å². The van der Waals surface area contributed by atoms with Crippen LogP contribution in [-0.2, 0) is 24.2 Å². The van der Waals surface area contributed by atoms with Gasteiger partial charge in [0.2, 0.25) is 5.91 Å². The summed E-state index contributed by atoms with van der Waals surface area (Å²) in [6, 6.07) is 8.82.